The van der Waals surface area contributed by atoms with Crippen molar-refractivity contribution >= 4 is 22.5 Å². The first kappa shape index (κ1) is 11.1. The van der Waals surface area contributed by atoms with Crippen molar-refractivity contribution in [3.8, 4) is 0 Å². The lowest BCUT2D eigenvalue weighted by Crippen LogP contribution is -2.33. The van der Waals surface area contributed by atoms with E-state index in [0.717, 1.165) is 17.9 Å². The Morgan fingerprint density at radius 2 is 2.18 bits per heavy atom. The van der Waals surface area contributed by atoms with Gasteiger partial charge in [-0.05, 0) is 57.1 Å². The summed E-state index contributed by atoms with van der Waals surface area (Å²) in [6.07, 6.45) is 3.51. The lowest BCUT2D eigenvalue weighted by molar-refractivity contribution is 0.268. The average molecular weight is 249 g/mol. The van der Waals surface area contributed by atoms with Crippen molar-refractivity contribution in [2.75, 3.05) is 14.1 Å². The minimum absolute atomic E-state index is 0.653. The maximum atomic E-state index is 6.09. The molecule has 0 aliphatic heterocycles. The van der Waals surface area contributed by atoms with Crippen LogP contribution in [0.2, 0.25) is 5.02 Å². The second-order valence-corrected chi connectivity index (χ2v) is 5.57. The Morgan fingerprint density at radius 1 is 1.35 bits per heavy atom. The number of fused-ring (bicyclic) bond motifs is 3. The largest absolute Gasteiger partial charge is 0.358 e. The third-order valence-corrected chi connectivity index (χ3v) is 4.09. The van der Waals surface area contributed by atoms with Gasteiger partial charge in [0.1, 0.15) is 0 Å². The van der Waals surface area contributed by atoms with Gasteiger partial charge in [0, 0.05) is 27.7 Å². The van der Waals surface area contributed by atoms with Crippen LogP contribution in [-0.4, -0.2) is 30.0 Å². The summed E-state index contributed by atoms with van der Waals surface area (Å²) in [4.78, 5) is 5.85. The number of H-pyrrole nitrogens is 1. The summed E-state index contributed by atoms with van der Waals surface area (Å²) >= 11 is 6.09. The topological polar surface area (TPSA) is 19.0 Å². The summed E-state index contributed by atoms with van der Waals surface area (Å²) in [5.41, 5.74) is 4.09. The number of nitrogens with zero attached hydrogens (tertiary/aromatic N) is 1. The SMILES string of the molecule is CN(C)C1CCc2[nH]c3ccc(Cl)cc3c2C1. The zero-order valence-electron chi connectivity index (χ0n) is 10.3. The van der Waals surface area contributed by atoms with Crippen molar-refractivity contribution in [1.82, 2.24) is 9.88 Å². The van der Waals surface area contributed by atoms with Crippen LogP contribution in [-0.2, 0) is 12.8 Å². The number of halogens is 1. The van der Waals surface area contributed by atoms with Gasteiger partial charge < -0.3 is 9.88 Å². The Hall–Kier alpha value is -0.990. The molecule has 3 heteroatoms. The highest BCUT2D eigenvalue weighted by Crippen LogP contribution is 2.31. The fraction of sp³-hybridized carbons (Fsp3) is 0.429. The molecule has 0 fully saturated rings. The summed E-state index contributed by atoms with van der Waals surface area (Å²) < 4.78 is 0. The van der Waals surface area contributed by atoms with Crippen molar-refractivity contribution in [2.45, 2.75) is 25.3 Å². The summed E-state index contributed by atoms with van der Waals surface area (Å²) in [6, 6.07) is 6.78. The quantitative estimate of drug-likeness (QED) is 0.821. The van der Waals surface area contributed by atoms with Crippen LogP contribution in [0.25, 0.3) is 10.9 Å². The van der Waals surface area contributed by atoms with Gasteiger partial charge in [0.25, 0.3) is 0 Å². The van der Waals surface area contributed by atoms with E-state index in [4.69, 9.17) is 11.6 Å². The van der Waals surface area contributed by atoms with Crippen molar-refractivity contribution in [3.63, 3.8) is 0 Å². The summed E-state index contributed by atoms with van der Waals surface area (Å²) in [5, 5.41) is 2.13. The summed E-state index contributed by atoms with van der Waals surface area (Å²) in [6.45, 7) is 0. The van der Waals surface area contributed by atoms with Gasteiger partial charge in [0.15, 0.2) is 0 Å². The molecule has 3 rings (SSSR count). The van der Waals surface area contributed by atoms with E-state index in [-0.39, 0.29) is 0 Å². The highest BCUT2D eigenvalue weighted by molar-refractivity contribution is 6.31. The molecule has 1 aliphatic rings. The van der Waals surface area contributed by atoms with E-state index in [1.165, 1.54) is 28.6 Å². The lowest BCUT2D eigenvalue weighted by Gasteiger charge is -2.28. The molecule has 0 spiro atoms. The van der Waals surface area contributed by atoms with Gasteiger partial charge in [-0.15, -0.1) is 0 Å². The van der Waals surface area contributed by atoms with Crippen molar-refractivity contribution in [2.24, 2.45) is 0 Å². The van der Waals surface area contributed by atoms with E-state index in [1.54, 1.807) is 0 Å². The molecule has 1 aromatic heterocycles. The Kier molecular flexibility index (Phi) is 2.64. The molecule has 2 nitrogen and oxygen atoms in total. The Labute approximate surface area is 107 Å². The van der Waals surface area contributed by atoms with Crippen LogP contribution in [0.3, 0.4) is 0 Å². The molecular weight excluding hydrogens is 232 g/mol. The van der Waals surface area contributed by atoms with Gasteiger partial charge in [-0.3, -0.25) is 0 Å². The number of aromatic nitrogens is 1. The molecule has 1 heterocycles. The predicted octanol–water partition coefficient (Wildman–Crippen LogP) is 3.24. The first-order valence-corrected chi connectivity index (χ1v) is 6.48. The molecule has 1 unspecified atom stereocenters. The second-order valence-electron chi connectivity index (χ2n) is 5.13. The van der Waals surface area contributed by atoms with Gasteiger partial charge in [-0.2, -0.15) is 0 Å². The first-order chi connectivity index (χ1) is 8.15. The van der Waals surface area contributed by atoms with Gasteiger partial charge in [0.05, 0.1) is 0 Å². The van der Waals surface area contributed by atoms with Crippen LogP contribution in [0, 0.1) is 0 Å². The highest BCUT2D eigenvalue weighted by Gasteiger charge is 2.23. The number of likely N-dealkylation sites (N-methyl/N-ethyl adjacent to an activating group) is 1. The zero-order chi connectivity index (χ0) is 12.0. The number of hydrogen-bond acceptors (Lipinski definition) is 1. The second kappa shape index (κ2) is 4.04. The fourth-order valence-corrected chi connectivity index (χ4v) is 2.98. The normalized spacial score (nSPS) is 19.9. The van der Waals surface area contributed by atoms with Crippen LogP contribution < -0.4 is 0 Å². The molecule has 1 aromatic carbocycles. The minimum atomic E-state index is 0.653. The molecule has 0 radical (unpaired) electrons. The van der Waals surface area contributed by atoms with E-state index in [9.17, 15) is 0 Å². The van der Waals surface area contributed by atoms with Gasteiger partial charge in [0.2, 0.25) is 0 Å². The standard InChI is InChI=1S/C14H17ClN2/c1-17(2)10-4-6-14-12(8-10)11-7-9(15)3-5-13(11)16-14/h3,5,7,10,16H,4,6,8H2,1-2H3. The van der Waals surface area contributed by atoms with Crippen LogP contribution >= 0.6 is 11.6 Å². The molecule has 0 saturated heterocycles. The molecule has 17 heavy (non-hydrogen) atoms. The maximum absolute atomic E-state index is 6.09. The molecule has 0 bridgehead atoms. The number of nitrogens with one attached hydrogen (secondary N) is 1. The van der Waals surface area contributed by atoms with E-state index < -0.39 is 0 Å². The maximum Gasteiger partial charge on any atom is 0.0460 e. The smallest absolute Gasteiger partial charge is 0.0460 e. The van der Waals surface area contributed by atoms with Gasteiger partial charge in [-0.25, -0.2) is 0 Å². The van der Waals surface area contributed by atoms with Crippen LogP contribution in [0.4, 0.5) is 0 Å². The van der Waals surface area contributed by atoms with Crippen molar-refractivity contribution < 1.29 is 0 Å². The average Bonchev–Trinajstić information content (AvgIpc) is 2.66. The summed E-state index contributed by atoms with van der Waals surface area (Å²) in [5.74, 6) is 0. The fourth-order valence-electron chi connectivity index (χ4n) is 2.81. The molecule has 1 atom stereocenters. The monoisotopic (exact) mass is 248 g/mol. The molecule has 90 valence electrons. The van der Waals surface area contributed by atoms with Crippen LogP contribution in [0.5, 0.6) is 0 Å². The van der Waals surface area contributed by atoms with Crippen LogP contribution in [0.1, 0.15) is 17.7 Å². The highest BCUT2D eigenvalue weighted by atomic mass is 35.5. The van der Waals surface area contributed by atoms with Crippen molar-refractivity contribution in [1.29, 1.82) is 0 Å². The zero-order valence-corrected chi connectivity index (χ0v) is 11.0. The third kappa shape index (κ3) is 1.85. The van der Waals surface area contributed by atoms with Crippen molar-refractivity contribution in [3.05, 3.63) is 34.5 Å². The van der Waals surface area contributed by atoms with E-state index >= 15 is 0 Å². The molecule has 0 saturated carbocycles. The lowest BCUT2D eigenvalue weighted by atomic mass is 9.91. The summed E-state index contributed by atoms with van der Waals surface area (Å²) in [7, 11) is 4.33. The molecule has 1 N–H and O–H groups in total. The number of hydrogen-bond donors (Lipinski definition) is 1. The first-order valence-electron chi connectivity index (χ1n) is 6.10. The van der Waals surface area contributed by atoms with Gasteiger partial charge in [-0.1, -0.05) is 11.6 Å². The molecular formula is C14H17ClN2. The third-order valence-electron chi connectivity index (χ3n) is 3.85. The number of rotatable bonds is 1. The van der Waals surface area contributed by atoms with E-state index in [0.29, 0.717) is 6.04 Å². The Morgan fingerprint density at radius 3 is 2.94 bits per heavy atom. The Balaban J connectivity index is 2.10. The molecule has 1 aliphatic carbocycles. The molecule has 0 amide bonds. The minimum Gasteiger partial charge on any atom is -0.358 e. The van der Waals surface area contributed by atoms with Crippen LogP contribution in [0.15, 0.2) is 18.2 Å². The Bertz CT molecular complexity index is 557. The van der Waals surface area contributed by atoms with Gasteiger partial charge >= 0.3 is 0 Å². The molecule has 2 aromatic rings. The number of aromatic amines is 1. The number of benzene rings is 1. The van der Waals surface area contributed by atoms with E-state index in [2.05, 4.69) is 36.1 Å². The van der Waals surface area contributed by atoms with E-state index in [1.807, 2.05) is 6.07 Å². The number of aryl methyl sites for hydroxylation is 1. The predicted molar refractivity (Wildman–Crippen MR) is 72.8 cm³/mol.